The zero-order chi connectivity index (χ0) is 12.4. The molecule has 0 saturated carbocycles. The molecule has 1 unspecified atom stereocenters. The Morgan fingerprint density at radius 3 is 2.31 bits per heavy atom. The van der Waals surface area contributed by atoms with Crippen LogP contribution < -0.4 is 0 Å². The molecule has 3 heteroatoms. The molecule has 0 heterocycles. The average molecular weight is 231 g/mol. The van der Waals surface area contributed by atoms with E-state index in [1.807, 2.05) is 0 Å². The first-order valence-corrected chi connectivity index (χ1v) is 6.48. The van der Waals surface area contributed by atoms with E-state index in [0.29, 0.717) is 6.61 Å². The lowest BCUT2D eigenvalue weighted by Gasteiger charge is -2.32. The van der Waals surface area contributed by atoms with Crippen molar-refractivity contribution in [1.29, 1.82) is 0 Å². The highest BCUT2D eigenvalue weighted by atomic mass is 16.3. The monoisotopic (exact) mass is 231 g/mol. The van der Waals surface area contributed by atoms with Crippen LogP contribution in [0.1, 0.15) is 46.0 Å². The van der Waals surface area contributed by atoms with Crippen LogP contribution in [-0.2, 0) is 0 Å². The van der Waals surface area contributed by atoms with E-state index in [1.54, 1.807) is 0 Å². The number of nitrogens with zero attached hydrogens (tertiary/aromatic N) is 1. The minimum atomic E-state index is 0.0421. The first-order valence-electron chi connectivity index (χ1n) is 6.48. The summed E-state index contributed by atoms with van der Waals surface area (Å²) in [5, 5.41) is 18.1. The van der Waals surface area contributed by atoms with E-state index in [1.165, 1.54) is 0 Å². The predicted octanol–water partition coefficient (Wildman–Crippen LogP) is 1.88. The zero-order valence-electron chi connectivity index (χ0n) is 11.2. The van der Waals surface area contributed by atoms with Crippen LogP contribution in [0.3, 0.4) is 0 Å². The molecule has 0 aliphatic heterocycles. The van der Waals surface area contributed by atoms with Crippen molar-refractivity contribution in [2.24, 2.45) is 5.41 Å². The van der Waals surface area contributed by atoms with E-state index in [2.05, 4.69) is 25.8 Å². The van der Waals surface area contributed by atoms with Crippen molar-refractivity contribution in [3.8, 4) is 0 Å². The van der Waals surface area contributed by atoms with E-state index in [0.717, 1.165) is 45.2 Å². The lowest BCUT2D eigenvalue weighted by molar-refractivity contribution is 0.0895. The van der Waals surface area contributed by atoms with Gasteiger partial charge in [0.15, 0.2) is 0 Å². The maximum Gasteiger partial charge on any atom is 0.0497 e. The van der Waals surface area contributed by atoms with Crippen LogP contribution in [0.25, 0.3) is 0 Å². The van der Waals surface area contributed by atoms with Gasteiger partial charge in [-0.2, -0.15) is 0 Å². The average Bonchev–Trinajstić information content (AvgIpc) is 2.25. The van der Waals surface area contributed by atoms with Crippen LogP contribution in [0.5, 0.6) is 0 Å². The highest BCUT2D eigenvalue weighted by molar-refractivity contribution is 4.76. The molecule has 98 valence electrons. The summed E-state index contributed by atoms with van der Waals surface area (Å²) in [5.74, 6) is 0. The Morgan fingerprint density at radius 2 is 1.81 bits per heavy atom. The lowest BCUT2D eigenvalue weighted by Crippen LogP contribution is -2.36. The third-order valence-corrected chi connectivity index (χ3v) is 3.08. The molecule has 0 aromatic carbocycles. The smallest absolute Gasteiger partial charge is 0.0497 e. The van der Waals surface area contributed by atoms with E-state index in [9.17, 15) is 5.11 Å². The molecule has 16 heavy (non-hydrogen) atoms. The number of aliphatic hydroxyl groups excluding tert-OH is 2. The Labute approximate surface area is 100 Å². The quantitative estimate of drug-likeness (QED) is 0.564. The predicted molar refractivity (Wildman–Crippen MR) is 68.5 cm³/mol. The second kappa shape index (κ2) is 8.97. The molecule has 0 radical (unpaired) electrons. The van der Waals surface area contributed by atoms with Crippen molar-refractivity contribution in [3.05, 3.63) is 0 Å². The largest absolute Gasteiger partial charge is 0.396 e. The van der Waals surface area contributed by atoms with Crippen molar-refractivity contribution in [2.45, 2.75) is 46.0 Å². The van der Waals surface area contributed by atoms with Crippen molar-refractivity contribution >= 4 is 0 Å². The fraction of sp³-hybridized carbons (Fsp3) is 1.00. The first kappa shape index (κ1) is 15.9. The summed E-state index contributed by atoms with van der Waals surface area (Å²) in [6.45, 7) is 6.89. The van der Waals surface area contributed by atoms with Gasteiger partial charge in [0, 0.05) is 25.2 Å². The summed E-state index contributed by atoms with van der Waals surface area (Å²) in [7, 11) is 2.11. The fourth-order valence-corrected chi connectivity index (χ4v) is 2.21. The standard InChI is InChI=1S/C13H29NO2/c1-4-8-13(2,12-16)11-14(3)9-6-5-7-10-15/h15-16H,4-12H2,1-3H3. The molecular formula is C13H29NO2. The molecule has 3 nitrogen and oxygen atoms in total. The summed E-state index contributed by atoms with van der Waals surface area (Å²) in [4.78, 5) is 2.29. The molecule has 0 rings (SSSR count). The van der Waals surface area contributed by atoms with Crippen LogP contribution in [0.4, 0.5) is 0 Å². The van der Waals surface area contributed by atoms with Crippen LogP contribution in [0.2, 0.25) is 0 Å². The maximum atomic E-state index is 9.42. The Morgan fingerprint density at radius 1 is 1.12 bits per heavy atom. The third-order valence-electron chi connectivity index (χ3n) is 3.08. The number of unbranched alkanes of at least 4 members (excludes halogenated alkanes) is 2. The van der Waals surface area contributed by atoms with E-state index < -0.39 is 0 Å². The number of hydrogen-bond donors (Lipinski definition) is 2. The molecule has 0 bridgehead atoms. The van der Waals surface area contributed by atoms with Crippen LogP contribution in [0, 0.1) is 5.41 Å². The summed E-state index contributed by atoms with van der Waals surface area (Å²) >= 11 is 0. The Kier molecular flexibility index (Phi) is 8.90. The van der Waals surface area contributed by atoms with Crippen LogP contribution >= 0.6 is 0 Å². The Hall–Kier alpha value is -0.120. The highest BCUT2D eigenvalue weighted by Gasteiger charge is 2.23. The molecule has 0 amide bonds. The third kappa shape index (κ3) is 7.20. The van der Waals surface area contributed by atoms with Crippen molar-refractivity contribution < 1.29 is 10.2 Å². The number of aliphatic hydroxyl groups is 2. The van der Waals surface area contributed by atoms with E-state index in [4.69, 9.17) is 5.11 Å². The fourth-order valence-electron chi connectivity index (χ4n) is 2.21. The molecule has 0 aromatic rings. The molecule has 0 aliphatic rings. The molecule has 0 spiro atoms. The van der Waals surface area contributed by atoms with E-state index >= 15 is 0 Å². The van der Waals surface area contributed by atoms with Gasteiger partial charge in [0.05, 0.1) is 0 Å². The molecule has 1 atom stereocenters. The molecular weight excluding hydrogens is 202 g/mol. The zero-order valence-corrected chi connectivity index (χ0v) is 11.2. The van der Waals surface area contributed by atoms with E-state index in [-0.39, 0.29) is 12.0 Å². The summed E-state index contributed by atoms with van der Waals surface area (Å²) in [6, 6.07) is 0. The van der Waals surface area contributed by atoms with Gasteiger partial charge in [-0.05, 0) is 39.3 Å². The summed E-state index contributed by atoms with van der Waals surface area (Å²) in [5.41, 5.74) is 0.0421. The molecule has 0 aliphatic carbocycles. The topological polar surface area (TPSA) is 43.7 Å². The normalized spacial score (nSPS) is 15.4. The molecule has 0 fully saturated rings. The van der Waals surface area contributed by atoms with Gasteiger partial charge >= 0.3 is 0 Å². The highest BCUT2D eigenvalue weighted by Crippen LogP contribution is 2.23. The summed E-state index contributed by atoms with van der Waals surface area (Å²) < 4.78 is 0. The SMILES string of the molecule is CCCC(C)(CO)CN(C)CCCCCO. The van der Waals surface area contributed by atoms with Gasteiger partial charge in [-0.1, -0.05) is 20.3 Å². The van der Waals surface area contributed by atoms with Gasteiger partial charge in [-0.25, -0.2) is 0 Å². The number of hydrogen-bond acceptors (Lipinski definition) is 3. The van der Waals surface area contributed by atoms with Gasteiger partial charge in [-0.15, -0.1) is 0 Å². The lowest BCUT2D eigenvalue weighted by atomic mass is 9.86. The minimum absolute atomic E-state index is 0.0421. The van der Waals surface area contributed by atoms with Crippen LogP contribution in [-0.4, -0.2) is 48.5 Å². The van der Waals surface area contributed by atoms with Gasteiger partial charge in [-0.3, -0.25) is 0 Å². The van der Waals surface area contributed by atoms with Crippen LogP contribution in [0.15, 0.2) is 0 Å². The van der Waals surface area contributed by atoms with Crippen molar-refractivity contribution in [3.63, 3.8) is 0 Å². The maximum absolute atomic E-state index is 9.42. The van der Waals surface area contributed by atoms with Gasteiger partial charge < -0.3 is 15.1 Å². The second-order valence-electron chi connectivity index (χ2n) is 5.24. The first-order chi connectivity index (χ1) is 7.58. The Bertz CT molecular complexity index is 164. The van der Waals surface area contributed by atoms with Crippen molar-refractivity contribution in [1.82, 2.24) is 4.90 Å². The second-order valence-corrected chi connectivity index (χ2v) is 5.24. The Balaban J connectivity index is 3.77. The number of rotatable bonds is 10. The molecule has 2 N–H and O–H groups in total. The minimum Gasteiger partial charge on any atom is -0.396 e. The summed E-state index contributed by atoms with van der Waals surface area (Å²) in [6.07, 6.45) is 5.31. The van der Waals surface area contributed by atoms with Gasteiger partial charge in [0.25, 0.3) is 0 Å². The van der Waals surface area contributed by atoms with Crippen molar-refractivity contribution in [2.75, 3.05) is 33.4 Å². The molecule has 0 aromatic heterocycles. The van der Waals surface area contributed by atoms with Gasteiger partial charge in [0.1, 0.15) is 0 Å². The molecule has 0 saturated heterocycles. The van der Waals surface area contributed by atoms with Gasteiger partial charge in [0.2, 0.25) is 0 Å².